The van der Waals surface area contributed by atoms with E-state index in [-0.39, 0.29) is 18.7 Å². The van der Waals surface area contributed by atoms with Gasteiger partial charge >= 0.3 is 6.03 Å². The Morgan fingerprint density at radius 2 is 2.08 bits per heavy atom. The summed E-state index contributed by atoms with van der Waals surface area (Å²) in [6.45, 7) is 3.44. The fraction of sp³-hybridized carbons (Fsp3) is 0.632. The zero-order chi connectivity index (χ0) is 17.2. The van der Waals surface area contributed by atoms with Gasteiger partial charge in [-0.15, -0.1) is 0 Å². The molecule has 24 heavy (non-hydrogen) atoms. The van der Waals surface area contributed by atoms with Crippen LogP contribution in [-0.4, -0.2) is 66.8 Å². The number of hydrogen-bond acceptors (Lipinski definition) is 3. The number of rotatable bonds is 8. The summed E-state index contributed by atoms with van der Waals surface area (Å²) in [4.78, 5) is 16.5. The summed E-state index contributed by atoms with van der Waals surface area (Å²) in [7, 11) is 2.09. The van der Waals surface area contributed by atoms with Crippen LogP contribution < -0.4 is 5.32 Å². The molecule has 2 rings (SSSR count). The van der Waals surface area contributed by atoms with Crippen molar-refractivity contribution < 1.29 is 9.90 Å². The van der Waals surface area contributed by atoms with Crippen molar-refractivity contribution in [2.45, 2.75) is 38.1 Å². The van der Waals surface area contributed by atoms with Crippen molar-refractivity contribution in [1.82, 2.24) is 15.1 Å². The molecule has 1 aliphatic rings. The molecule has 1 aliphatic heterocycles. The van der Waals surface area contributed by atoms with Gasteiger partial charge < -0.3 is 20.2 Å². The molecule has 0 radical (unpaired) electrons. The fourth-order valence-corrected chi connectivity index (χ4v) is 3.25. The first kappa shape index (κ1) is 18.7. The van der Waals surface area contributed by atoms with E-state index in [1.54, 1.807) is 0 Å². The molecule has 0 bridgehead atoms. The zero-order valence-electron chi connectivity index (χ0n) is 14.8. The van der Waals surface area contributed by atoms with E-state index in [9.17, 15) is 4.79 Å². The van der Waals surface area contributed by atoms with E-state index in [1.807, 2.05) is 11.0 Å². The maximum Gasteiger partial charge on any atom is 0.317 e. The SMILES string of the molecule is CN(CCNC(=O)N1CCCC[C@H]1CCO)CCc1ccccc1. The molecular weight excluding hydrogens is 302 g/mol. The molecule has 0 aromatic heterocycles. The number of piperidine rings is 1. The monoisotopic (exact) mass is 333 g/mol. The Morgan fingerprint density at radius 3 is 2.83 bits per heavy atom. The molecule has 0 saturated carbocycles. The summed E-state index contributed by atoms with van der Waals surface area (Å²) < 4.78 is 0. The molecule has 0 spiro atoms. The van der Waals surface area contributed by atoms with Gasteiger partial charge in [-0.1, -0.05) is 30.3 Å². The van der Waals surface area contributed by atoms with Gasteiger partial charge in [-0.2, -0.15) is 0 Å². The predicted molar refractivity (Wildman–Crippen MR) is 97.1 cm³/mol. The molecule has 1 aromatic rings. The van der Waals surface area contributed by atoms with Crippen LogP contribution in [0.5, 0.6) is 0 Å². The van der Waals surface area contributed by atoms with Gasteiger partial charge in [0.05, 0.1) is 0 Å². The number of nitrogens with zero attached hydrogens (tertiary/aromatic N) is 2. The average Bonchev–Trinajstić information content (AvgIpc) is 2.61. The fourth-order valence-electron chi connectivity index (χ4n) is 3.25. The number of hydrogen-bond donors (Lipinski definition) is 2. The van der Waals surface area contributed by atoms with Crippen molar-refractivity contribution in [1.29, 1.82) is 0 Å². The molecule has 2 N–H and O–H groups in total. The number of nitrogens with one attached hydrogen (secondary N) is 1. The van der Waals surface area contributed by atoms with Crippen molar-refractivity contribution in [3.8, 4) is 0 Å². The number of amides is 2. The van der Waals surface area contributed by atoms with Crippen molar-refractivity contribution in [3.63, 3.8) is 0 Å². The lowest BCUT2D eigenvalue weighted by molar-refractivity contribution is 0.131. The highest BCUT2D eigenvalue weighted by Gasteiger charge is 2.25. The number of likely N-dealkylation sites (tertiary alicyclic amines) is 1. The maximum atomic E-state index is 12.4. The van der Waals surface area contributed by atoms with Crippen molar-refractivity contribution in [2.24, 2.45) is 0 Å². The number of likely N-dealkylation sites (N-methyl/N-ethyl adjacent to an activating group) is 1. The molecule has 5 nitrogen and oxygen atoms in total. The van der Waals surface area contributed by atoms with Crippen LogP contribution in [0.4, 0.5) is 4.79 Å². The first-order chi connectivity index (χ1) is 11.7. The summed E-state index contributed by atoms with van der Waals surface area (Å²) in [5.74, 6) is 0. The molecule has 1 atom stereocenters. The highest BCUT2D eigenvalue weighted by molar-refractivity contribution is 5.74. The summed E-state index contributed by atoms with van der Waals surface area (Å²) in [5, 5.41) is 12.2. The molecule has 1 fully saturated rings. The van der Waals surface area contributed by atoms with Crippen LogP contribution in [0, 0.1) is 0 Å². The van der Waals surface area contributed by atoms with Gasteiger partial charge in [0.25, 0.3) is 0 Å². The quantitative estimate of drug-likeness (QED) is 0.766. The number of urea groups is 1. The average molecular weight is 333 g/mol. The lowest BCUT2D eigenvalue weighted by Crippen LogP contribution is -2.50. The molecule has 5 heteroatoms. The van der Waals surface area contributed by atoms with Crippen molar-refractivity contribution >= 4 is 6.03 Å². The lowest BCUT2D eigenvalue weighted by Gasteiger charge is -2.35. The van der Waals surface area contributed by atoms with Gasteiger partial charge in [0.15, 0.2) is 0 Å². The van der Waals surface area contributed by atoms with Crippen LogP contribution in [0.15, 0.2) is 30.3 Å². The normalized spacial score (nSPS) is 18.0. The van der Waals surface area contributed by atoms with Crippen LogP contribution in [0.25, 0.3) is 0 Å². The van der Waals surface area contributed by atoms with Crippen LogP contribution in [-0.2, 0) is 6.42 Å². The standard InChI is InChI=1S/C19H31N3O2/c1-21(14-10-17-7-3-2-4-8-17)15-12-20-19(24)22-13-6-5-9-18(22)11-16-23/h2-4,7-8,18,23H,5-6,9-16H2,1H3,(H,20,24)/t18-/m0/s1. The smallest absolute Gasteiger partial charge is 0.317 e. The minimum absolute atomic E-state index is 0.0182. The second-order valence-corrected chi connectivity index (χ2v) is 6.63. The maximum absolute atomic E-state index is 12.4. The Morgan fingerprint density at radius 1 is 1.29 bits per heavy atom. The van der Waals surface area contributed by atoms with Crippen LogP contribution in [0.1, 0.15) is 31.2 Å². The van der Waals surface area contributed by atoms with Gasteiger partial charge in [-0.3, -0.25) is 0 Å². The number of aliphatic hydroxyl groups excluding tert-OH is 1. The van der Waals surface area contributed by atoms with Crippen molar-refractivity contribution in [2.75, 3.05) is 39.8 Å². The molecular formula is C19H31N3O2. The third-order valence-electron chi connectivity index (χ3n) is 4.75. The van der Waals surface area contributed by atoms with E-state index >= 15 is 0 Å². The number of benzene rings is 1. The van der Waals surface area contributed by atoms with E-state index in [0.717, 1.165) is 45.3 Å². The van der Waals surface area contributed by atoms with Crippen molar-refractivity contribution in [3.05, 3.63) is 35.9 Å². The second-order valence-electron chi connectivity index (χ2n) is 6.63. The first-order valence-corrected chi connectivity index (χ1v) is 9.08. The first-order valence-electron chi connectivity index (χ1n) is 9.08. The number of carbonyl (C=O) groups is 1. The molecule has 0 aliphatic carbocycles. The molecule has 2 amide bonds. The molecule has 0 unspecified atom stereocenters. The van der Waals surface area contributed by atoms with E-state index < -0.39 is 0 Å². The van der Waals surface area contributed by atoms with E-state index in [4.69, 9.17) is 5.11 Å². The Hall–Kier alpha value is -1.59. The summed E-state index contributed by atoms with van der Waals surface area (Å²) in [6, 6.07) is 10.7. The van der Waals surface area contributed by atoms with Crippen LogP contribution >= 0.6 is 0 Å². The lowest BCUT2D eigenvalue weighted by atomic mass is 10.0. The topological polar surface area (TPSA) is 55.8 Å². The minimum Gasteiger partial charge on any atom is -0.396 e. The van der Waals surface area contributed by atoms with E-state index in [0.29, 0.717) is 13.0 Å². The minimum atomic E-state index is 0.0182. The Labute approximate surface area is 145 Å². The Kier molecular flexibility index (Phi) is 8.05. The van der Waals surface area contributed by atoms with Crippen LogP contribution in [0.2, 0.25) is 0 Å². The highest BCUT2D eigenvalue weighted by atomic mass is 16.3. The predicted octanol–water partition coefficient (Wildman–Crippen LogP) is 2.11. The number of aliphatic hydroxyl groups is 1. The third-order valence-corrected chi connectivity index (χ3v) is 4.75. The molecule has 1 aromatic carbocycles. The van der Waals surface area contributed by atoms with Gasteiger partial charge in [-0.05, 0) is 44.7 Å². The highest BCUT2D eigenvalue weighted by Crippen LogP contribution is 2.19. The number of carbonyl (C=O) groups excluding carboxylic acids is 1. The van der Waals surface area contributed by atoms with Gasteiger partial charge in [0, 0.05) is 38.8 Å². The zero-order valence-corrected chi connectivity index (χ0v) is 14.8. The van der Waals surface area contributed by atoms with E-state index in [2.05, 4.69) is 41.5 Å². The molecule has 134 valence electrons. The van der Waals surface area contributed by atoms with Gasteiger partial charge in [0.1, 0.15) is 0 Å². The summed E-state index contributed by atoms with van der Waals surface area (Å²) in [6.07, 6.45) is 4.92. The molecule has 1 heterocycles. The third kappa shape index (κ3) is 6.13. The Bertz CT molecular complexity index is 479. The van der Waals surface area contributed by atoms with Gasteiger partial charge in [0.2, 0.25) is 0 Å². The summed E-state index contributed by atoms with van der Waals surface area (Å²) in [5.41, 5.74) is 1.34. The van der Waals surface area contributed by atoms with Crippen LogP contribution in [0.3, 0.4) is 0 Å². The molecule has 1 saturated heterocycles. The van der Waals surface area contributed by atoms with E-state index in [1.165, 1.54) is 5.56 Å². The summed E-state index contributed by atoms with van der Waals surface area (Å²) >= 11 is 0. The Balaban J connectivity index is 1.65. The van der Waals surface area contributed by atoms with Gasteiger partial charge in [-0.25, -0.2) is 4.79 Å². The largest absolute Gasteiger partial charge is 0.396 e. The second kappa shape index (κ2) is 10.3.